The van der Waals surface area contributed by atoms with E-state index in [1.165, 1.54) is 18.5 Å². The predicted molar refractivity (Wildman–Crippen MR) is 101 cm³/mol. The number of hydrazone groups is 1. The fourth-order valence-electron chi connectivity index (χ4n) is 2.85. The van der Waals surface area contributed by atoms with Crippen molar-refractivity contribution in [3.8, 4) is 0 Å². The molecular formula is C19H30N4. The van der Waals surface area contributed by atoms with Gasteiger partial charge in [0.2, 0.25) is 0 Å². The van der Waals surface area contributed by atoms with Crippen LogP contribution in [0.2, 0.25) is 0 Å². The Morgan fingerprint density at radius 2 is 1.70 bits per heavy atom. The Morgan fingerprint density at radius 3 is 2.22 bits per heavy atom. The molecule has 0 bridgehead atoms. The van der Waals surface area contributed by atoms with Crippen molar-refractivity contribution in [2.75, 3.05) is 23.0 Å². The highest BCUT2D eigenvalue weighted by Gasteiger charge is 2.24. The van der Waals surface area contributed by atoms with E-state index in [9.17, 15) is 0 Å². The Balaban J connectivity index is 2.11. The van der Waals surface area contributed by atoms with Gasteiger partial charge in [-0.25, -0.2) is 5.01 Å². The first-order valence-electron chi connectivity index (χ1n) is 8.78. The smallest absolute Gasteiger partial charge is 0.128 e. The number of benzene rings is 1. The fourth-order valence-corrected chi connectivity index (χ4v) is 2.85. The molecule has 0 fully saturated rings. The molecule has 0 saturated heterocycles. The first kappa shape index (κ1) is 17.4. The summed E-state index contributed by atoms with van der Waals surface area (Å²) in [5.74, 6) is 0.922. The van der Waals surface area contributed by atoms with Crippen LogP contribution in [0.5, 0.6) is 0 Å². The quantitative estimate of drug-likeness (QED) is 0.697. The summed E-state index contributed by atoms with van der Waals surface area (Å²) in [7, 11) is 0. The third-order valence-corrected chi connectivity index (χ3v) is 4.35. The molecule has 0 spiro atoms. The average molecular weight is 314 g/mol. The van der Waals surface area contributed by atoms with Gasteiger partial charge in [-0.15, -0.1) is 0 Å². The van der Waals surface area contributed by atoms with Crippen molar-refractivity contribution in [2.24, 2.45) is 5.10 Å². The minimum absolute atomic E-state index is 0.417. The van der Waals surface area contributed by atoms with Gasteiger partial charge in [-0.3, -0.25) is 0 Å². The molecule has 126 valence electrons. The summed E-state index contributed by atoms with van der Waals surface area (Å²) in [5.41, 5.74) is 2.35. The zero-order chi connectivity index (χ0) is 16.8. The molecule has 0 aromatic heterocycles. The van der Waals surface area contributed by atoms with Gasteiger partial charge in [0, 0.05) is 24.8 Å². The van der Waals surface area contributed by atoms with E-state index >= 15 is 0 Å². The molecule has 0 N–H and O–H groups in total. The van der Waals surface area contributed by atoms with Gasteiger partial charge in [0.25, 0.3) is 0 Å². The second kappa shape index (κ2) is 8.04. The monoisotopic (exact) mass is 314 g/mol. The van der Waals surface area contributed by atoms with Crippen LogP contribution in [0, 0.1) is 0 Å². The van der Waals surface area contributed by atoms with Crippen LogP contribution in [0.1, 0.15) is 47.0 Å². The molecule has 23 heavy (non-hydrogen) atoms. The maximum absolute atomic E-state index is 4.51. The lowest BCUT2D eigenvalue weighted by atomic mass is 10.2. The molecule has 0 aliphatic carbocycles. The molecule has 1 aromatic carbocycles. The standard InChI is InChI=1S/C19H30N4/c1-6-13-21(14-7-2)18-9-11-19(12-10-18)23-17(5)22(15-20-23)16(4)8-3/h9-12,15-16H,5-8,13-14H2,1-4H3. The highest BCUT2D eigenvalue weighted by atomic mass is 15.6. The Kier molecular flexibility index (Phi) is 6.08. The molecule has 0 saturated carbocycles. The first-order valence-corrected chi connectivity index (χ1v) is 8.78. The molecule has 4 heteroatoms. The van der Waals surface area contributed by atoms with Gasteiger partial charge in [-0.1, -0.05) is 27.4 Å². The molecule has 1 atom stereocenters. The fraction of sp³-hybridized carbons (Fsp3) is 0.526. The van der Waals surface area contributed by atoms with Gasteiger partial charge in [-0.2, -0.15) is 5.10 Å². The van der Waals surface area contributed by atoms with Gasteiger partial charge in [0.1, 0.15) is 12.2 Å². The molecular weight excluding hydrogens is 284 g/mol. The molecule has 1 unspecified atom stereocenters. The number of nitrogens with zero attached hydrogens (tertiary/aromatic N) is 4. The summed E-state index contributed by atoms with van der Waals surface area (Å²) in [6.45, 7) is 15.2. The molecule has 0 amide bonds. The van der Waals surface area contributed by atoms with Crippen LogP contribution >= 0.6 is 0 Å². The van der Waals surface area contributed by atoms with Crippen molar-refractivity contribution in [3.63, 3.8) is 0 Å². The van der Waals surface area contributed by atoms with E-state index in [0.29, 0.717) is 6.04 Å². The maximum atomic E-state index is 4.51. The summed E-state index contributed by atoms with van der Waals surface area (Å²) in [6, 6.07) is 9.07. The molecule has 1 aromatic rings. The van der Waals surface area contributed by atoms with Crippen molar-refractivity contribution in [1.29, 1.82) is 0 Å². The number of anilines is 2. The highest BCUT2D eigenvalue weighted by Crippen LogP contribution is 2.28. The minimum atomic E-state index is 0.417. The minimum Gasteiger partial charge on any atom is -0.372 e. The van der Waals surface area contributed by atoms with Crippen molar-refractivity contribution in [1.82, 2.24) is 4.90 Å². The number of hydrogen-bond acceptors (Lipinski definition) is 4. The average Bonchev–Trinajstić information content (AvgIpc) is 2.96. The topological polar surface area (TPSA) is 22.1 Å². The lowest BCUT2D eigenvalue weighted by Crippen LogP contribution is -2.31. The zero-order valence-corrected chi connectivity index (χ0v) is 15.0. The summed E-state index contributed by atoms with van der Waals surface area (Å²) < 4.78 is 0. The van der Waals surface area contributed by atoms with Crippen molar-refractivity contribution < 1.29 is 0 Å². The lowest BCUT2D eigenvalue weighted by molar-refractivity contribution is 0.406. The summed E-state index contributed by atoms with van der Waals surface area (Å²) in [5, 5.41) is 6.42. The van der Waals surface area contributed by atoms with E-state index in [4.69, 9.17) is 0 Å². The molecule has 1 heterocycles. The second-order valence-electron chi connectivity index (χ2n) is 6.13. The van der Waals surface area contributed by atoms with E-state index in [-0.39, 0.29) is 0 Å². The third-order valence-electron chi connectivity index (χ3n) is 4.35. The van der Waals surface area contributed by atoms with E-state index in [2.05, 4.69) is 73.4 Å². The van der Waals surface area contributed by atoms with Crippen LogP contribution in [0.3, 0.4) is 0 Å². The van der Waals surface area contributed by atoms with Crippen LogP contribution in [0.15, 0.2) is 41.8 Å². The molecule has 1 aliphatic rings. The van der Waals surface area contributed by atoms with E-state index in [1.54, 1.807) is 0 Å². The number of hydrogen-bond donors (Lipinski definition) is 0. The van der Waals surface area contributed by atoms with Gasteiger partial charge in [0.05, 0.1) is 5.69 Å². The van der Waals surface area contributed by atoms with Crippen molar-refractivity contribution >= 4 is 17.7 Å². The zero-order valence-electron chi connectivity index (χ0n) is 15.0. The molecule has 2 rings (SSSR count). The summed E-state index contributed by atoms with van der Waals surface area (Å²) >= 11 is 0. The van der Waals surface area contributed by atoms with Crippen molar-refractivity contribution in [2.45, 2.75) is 53.0 Å². The van der Waals surface area contributed by atoms with Gasteiger partial charge in [0.15, 0.2) is 0 Å². The second-order valence-corrected chi connectivity index (χ2v) is 6.13. The maximum Gasteiger partial charge on any atom is 0.128 e. The Bertz CT molecular complexity index is 529. The van der Waals surface area contributed by atoms with Gasteiger partial charge >= 0.3 is 0 Å². The Labute approximate surface area is 141 Å². The van der Waals surface area contributed by atoms with E-state index in [0.717, 1.165) is 31.0 Å². The normalized spacial score (nSPS) is 15.4. The van der Waals surface area contributed by atoms with Crippen LogP contribution in [-0.4, -0.2) is 30.4 Å². The first-order chi connectivity index (χ1) is 11.1. The van der Waals surface area contributed by atoms with Crippen LogP contribution in [0.4, 0.5) is 11.4 Å². The van der Waals surface area contributed by atoms with Crippen LogP contribution in [0.25, 0.3) is 0 Å². The van der Waals surface area contributed by atoms with Crippen LogP contribution < -0.4 is 9.91 Å². The molecule has 0 radical (unpaired) electrons. The van der Waals surface area contributed by atoms with Gasteiger partial charge < -0.3 is 9.80 Å². The van der Waals surface area contributed by atoms with E-state index in [1.807, 2.05) is 11.3 Å². The molecule has 4 nitrogen and oxygen atoms in total. The summed E-state index contributed by atoms with van der Waals surface area (Å²) in [4.78, 5) is 4.58. The highest BCUT2D eigenvalue weighted by molar-refractivity contribution is 5.70. The lowest BCUT2D eigenvalue weighted by Gasteiger charge is -2.27. The summed E-state index contributed by atoms with van der Waals surface area (Å²) in [6.07, 6.45) is 5.28. The molecule has 1 aliphatic heterocycles. The number of rotatable bonds is 8. The Hall–Kier alpha value is -1.97. The SMILES string of the molecule is C=C1N(c2ccc(N(CCC)CCC)cc2)N=CN1C(C)CC. The largest absolute Gasteiger partial charge is 0.372 e. The van der Waals surface area contributed by atoms with Gasteiger partial charge in [-0.05, 0) is 50.5 Å². The van der Waals surface area contributed by atoms with Crippen molar-refractivity contribution in [3.05, 3.63) is 36.7 Å². The Morgan fingerprint density at radius 1 is 1.09 bits per heavy atom. The predicted octanol–water partition coefficient (Wildman–Crippen LogP) is 4.65. The van der Waals surface area contributed by atoms with E-state index < -0.39 is 0 Å². The van der Waals surface area contributed by atoms with Crippen LogP contribution in [-0.2, 0) is 0 Å². The third kappa shape index (κ3) is 3.87.